The fraction of sp³-hybridized carbons (Fsp3) is 0.400. The summed E-state index contributed by atoms with van der Waals surface area (Å²) in [5, 5.41) is 14.7. The lowest BCUT2D eigenvalue weighted by molar-refractivity contribution is -0.143. The molecular weight excluding hydrogens is 424 g/mol. The van der Waals surface area contributed by atoms with Crippen molar-refractivity contribution in [1.82, 2.24) is 10.6 Å². The van der Waals surface area contributed by atoms with Crippen LogP contribution in [-0.4, -0.2) is 47.4 Å². The molecule has 2 aromatic rings. The first-order chi connectivity index (χ1) is 15.8. The van der Waals surface area contributed by atoms with Crippen LogP contribution in [0, 0.1) is 5.92 Å². The normalized spacial score (nSPS) is 18.8. The third kappa shape index (κ3) is 7.61. The maximum absolute atomic E-state index is 12.4. The van der Waals surface area contributed by atoms with E-state index >= 15 is 0 Å². The number of rotatable bonds is 11. The zero-order chi connectivity index (χ0) is 23.8. The molecule has 176 valence electrons. The number of aliphatic carboxylic acids is 1. The molecule has 1 aliphatic heterocycles. The number of carboxylic acids is 1. The smallest absolute Gasteiger partial charge is 0.407 e. The van der Waals surface area contributed by atoms with Gasteiger partial charge in [-0.05, 0) is 23.5 Å². The summed E-state index contributed by atoms with van der Waals surface area (Å²) >= 11 is 0. The van der Waals surface area contributed by atoms with Crippen molar-refractivity contribution in [2.24, 2.45) is 5.92 Å². The fourth-order valence-electron chi connectivity index (χ4n) is 3.64. The summed E-state index contributed by atoms with van der Waals surface area (Å²) < 4.78 is 11.1. The summed E-state index contributed by atoms with van der Waals surface area (Å²) in [4.78, 5) is 36.1. The van der Waals surface area contributed by atoms with Gasteiger partial charge in [0.25, 0.3) is 0 Å². The molecule has 33 heavy (non-hydrogen) atoms. The highest BCUT2D eigenvalue weighted by molar-refractivity contribution is 5.84. The topological polar surface area (TPSA) is 117 Å². The number of carbonyl (C=O) groups excluding carboxylic acids is 2. The molecule has 0 spiro atoms. The van der Waals surface area contributed by atoms with Crippen LogP contribution in [0.4, 0.5) is 4.79 Å². The number of nitrogens with one attached hydrogen (secondary N) is 2. The molecule has 1 unspecified atom stereocenters. The molecule has 1 saturated heterocycles. The van der Waals surface area contributed by atoms with Gasteiger partial charge in [-0.15, -0.1) is 0 Å². The van der Waals surface area contributed by atoms with Crippen LogP contribution >= 0.6 is 0 Å². The molecule has 0 radical (unpaired) electrons. The van der Waals surface area contributed by atoms with Gasteiger partial charge in [-0.3, -0.25) is 4.79 Å². The molecule has 8 nitrogen and oxygen atoms in total. The number of amides is 2. The molecule has 2 amide bonds. The van der Waals surface area contributed by atoms with Crippen molar-refractivity contribution in [3.63, 3.8) is 0 Å². The Morgan fingerprint density at radius 1 is 0.970 bits per heavy atom. The van der Waals surface area contributed by atoms with Crippen molar-refractivity contribution in [2.75, 3.05) is 0 Å². The quantitative estimate of drug-likeness (QED) is 0.450. The van der Waals surface area contributed by atoms with E-state index in [1.165, 1.54) is 0 Å². The number of carbonyl (C=O) groups is 3. The van der Waals surface area contributed by atoms with E-state index in [4.69, 9.17) is 9.47 Å². The van der Waals surface area contributed by atoms with Crippen LogP contribution < -0.4 is 10.6 Å². The highest BCUT2D eigenvalue weighted by atomic mass is 16.6. The largest absolute Gasteiger partial charge is 0.480 e. The van der Waals surface area contributed by atoms with Crippen LogP contribution in [0.1, 0.15) is 31.4 Å². The summed E-state index contributed by atoms with van der Waals surface area (Å²) in [5.74, 6) is -1.71. The molecule has 0 aromatic heterocycles. The first-order valence-electron chi connectivity index (χ1n) is 11.0. The van der Waals surface area contributed by atoms with Crippen molar-refractivity contribution < 1.29 is 29.0 Å². The van der Waals surface area contributed by atoms with Crippen LogP contribution in [0.25, 0.3) is 0 Å². The SMILES string of the molecule is CC(C)C(NC(=O)C[C@H]1O[C@@H]1[C@H](Cc1ccccc1)NC(=O)OCc1ccccc1)C(=O)O. The maximum Gasteiger partial charge on any atom is 0.407 e. The van der Waals surface area contributed by atoms with Gasteiger partial charge in [0.1, 0.15) is 18.8 Å². The van der Waals surface area contributed by atoms with Crippen LogP contribution in [-0.2, 0) is 32.1 Å². The van der Waals surface area contributed by atoms with Crippen LogP contribution in [0.5, 0.6) is 0 Å². The fourth-order valence-corrected chi connectivity index (χ4v) is 3.64. The van der Waals surface area contributed by atoms with Gasteiger partial charge in [0.15, 0.2) is 0 Å². The second-order valence-electron chi connectivity index (χ2n) is 8.47. The summed E-state index contributed by atoms with van der Waals surface area (Å²) in [6.07, 6.45) is -0.817. The van der Waals surface area contributed by atoms with Crippen LogP contribution in [0.15, 0.2) is 60.7 Å². The highest BCUT2D eigenvalue weighted by Gasteiger charge is 2.47. The number of alkyl carbamates (subject to hydrolysis) is 1. The van der Waals surface area contributed by atoms with E-state index in [-0.39, 0.29) is 25.0 Å². The summed E-state index contributed by atoms with van der Waals surface area (Å²) in [6.45, 7) is 3.61. The zero-order valence-electron chi connectivity index (χ0n) is 18.8. The van der Waals surface area contributed by atoms with Gasteiger partial charge in [-0.25, -0.2) is 9.59 Å². The lowest BCUT2D eigenvalue weighted by Crippen LogP contribution is -2.45. The molecule has 1 aliphatic rings. The molecule has 0 saturated carbocycles. The molecule has 2 aromatic carbocycles. The van der Waals surface area contributed by atoms with Gasteiger partial charge in [-0.1, -0.05) is 74.5 Å². The third-order valence-corrected chi connectivity index (χ3v) is 5.47. The average molecular weight is 455 g/mol. The standard InChI is InChI=1S/C25H30N2O6/c1-16(2)22(24(29)30)27-21(28)14-20-23(33-20)19(13-17-9-5-3-6-10-17)26-25(31)32-15-18-11-7-4-8-12-18/h3-12,16,19-20,22-23H,13-15H2,1-2H3,(H,26,31)(H,27,28)(H,29,30)/t19-,20+,22?,23+/m0/s1. The van der Waals surface area contributed by atoms with Gasteiger partial charge in [0, 0.05) is 0 Å². The summed E-state index contributed by atoms with van der Waals surface area (Å²) in [5.41, 5.74) is 1.89. The van der Waals surface area contributed by atoms with E-state index in [1.807, 2.05) is 60.7 Å². The van der Waals surface area contributed by atoms with Crippen molar-refractivity contribution in [2.45, 2.75) is 57.6 Å². The monoisotopic (exact) mass is 454 g/mol. The molecule has 1 fully saturated rings. The first kappa shape index (κ1) is 24.3. The Bertz CT molecular complexity index is 934. The zero-order valence-corrected chi connectivity index (χ0v) is 18.8. The third-order valence-electron chi connectivity index (χ3n) is 5.47. The van der Waals surface area contributed by atoms with E-state index < -0.39 is 36.2 Å². The number of epoxide rings is 1. The van der Waals surface area contributed by atoms with Gasteiger partial charge >= 0.3 is 12.1 Å². The van der Waals surface area contributed by atoms with E-state index in [0.717, 1.165) is 11.1 Å². The van der Waals surface area contributed by atoms with Crippen LogP contribution in [0.3, 0.4) is 0 Å². The van der Waals surface area contributed by atoms with Gasteiger partial charge < -0.3 is 25.2 Å². The first-order valence-corrected chi connectivity index (χ1v) is 11.0. The number of hydrogen-bond donors (Lipinski definition) is 3. The van der Waals surface area contributed by atoms with Crippen molar-refractivity contribution in [1.29, 1.82) is 0 Å². The van der Waals surface area contributed by atoms with Crippen molar-refractivity contribution in [3.8, 4) is 0 Å². The lowest BCUT2D eigenvalue weighted by Gasteiger charge is -2.18. The van der Waals surface area contributed by atoms with E-state index in [2.05, 4.69) is 10.6 Å². The summed E-state index contributed by atoms with van der Waals surface area (Å²) in [7, 11) is 0. The molecule has 3 rings (SSSR count). The lowest BCUT2D eigenvalue weighted by atomic mass is 10.0. The van der Waals surface area contributed by atoms with E-state index in [9.17, 15) is 19.5 Å². The minimum absolute atomic E-state index is 0.0210. The Labute approximate surface area is 193 Å². The number of benzene rings is 2. The molecule has 1 heterocycles. The average Bonchev–Trinajstić information content (AvgIpc) is 3.55. The number of hydrogen-bond acceptors (Lipinski definition) is 5. The van der Waals surface area contributed by atoms with Crippen molar-refractivity contribution in [3.05, 3.63) is 71.8 Å². The minimum atomic E-state index is -1.07. The molecule has 4 atom stereocenters. The van der Waals surface area contributed by atoms with Gasteiger partial charge in [0.2, 0.25) is 5.91 Å². The molecule has 8 heteroatoms. The second-order valence-corrected chi connectivity index (χ2v) is 8.47. The Kier molecular flexibility index (Phi) is 8.43. The summed E-state index contributed by atoms with van der Waals surface area (Å²) in [6, 6.07) is 17.7. The Balaban J connectivity index is 1.57. The molecule has 0 aliphatic carbocycles. The maximum atomic E-state index is 12.4. The van der Waals surface area contributed by atoms with E-state index in [0.29, 0.717) is 6.42 Å². The van der Waals surface area contributed by atoms with E-state index in [1.54, 1.807) is 13.8 Å². The molecule has 3 N–H and O–H groups in total. The Morgan fingerprint density at radius 3 is 2.15 bits per heavy atom. The second kappa shape index (κ2) is 11.5. The van der Waals surface area contributed by atoms with Gasteiger partial charge in [0.05, 0.1) is 18.6 Å². The Morgan fingerprint density at radius 2 is 1.58 bits per heavy atom. The predicted octanol–water partition coefficient (Wildman–Crippen LogP) is 2.91. The predicted molar refractivity (Wildman–Crippen MR) is 121 cm³/mol. The minimum Gasteiger partial charge on any atom is -0.480 e. The Hall–Kier alpha value is -3.39. The highest BCUT2D eigenvalue weighted by Crippen LogP contribution is 2.30. The number of carboxylic acid groups (broad SMARTS) is 1. The number of ether oxygens (including phenoxy) is 2. The van der Waals surface area contributed by atoms with Crippen LogP contribution in [0.2, 0.25) is 0 Å². The molecule has 0 bridgehead atoms. The molecular formula is C25H30N2O6. The van der Waals surface area contributed by atoms with Crippen molar-refractivity contribution >= 4 is 18.0 Å². The van der Waals surface area contributed by atoms with Gasteiger partial charge in [-0.2, -0.15) is 0 Å².